The lowest BCUT2D eigenvalue weighted by Crippen LogP contribution is -1.90. The van der Waals surface area contributed by atoms with Gasteiger partial charge in [0.15, 0.2) is 0 Å². The van der Waals surface area contributed by atoms with Crippen LogP contribution in [0.25, 0.3) is 11.1 Å². The molecule has 0 bridgehead atoms. The molecular weight excluding hydrogens is 203 g/mol. The molecule has 0 unspecified atom stereocenters. The van der Waals surface area contributed by atoms with Gasteiger partial charge in [0.05, 0.1) is 5.56 Å². The van der Waals surface area contributed by atoms with Crippen LogP contribution in [0.15, 0.2) is 42.5 Å². The van der Waals surface area contributed by atoms with Gasteiger partial charge in [-0.25, -0.2) is 4.39 Å². The van der Waals surface area contributed by atoms with Gasteiger partial charge in [0.2, 0.25) is 0 Å². The fourth-order valence-electron chi connectivity index (χ4n) is 1.58. The monoisotopic (exact) mass is 212 g/mol. The first-order valence-electron chi connectivity index (χ1n) is 4.77. The van der Waals surface area contributed by atoms with E-state index in [0.717, 1.165) is 5.56 Å². The highest BCUT2D eigenvalue weighted by Crippen LogP contribution is 2.26. The molecule has 0 aliphatic carbocycles. The standard InChI is InChI=1S/C13H9FN2/c14-13-6-2-5-11(12(13)8-15)9-3-1-4-10(16)7-9/h1-7H,16H2. The van der Waals surface area contributed by atoms with E-state index in [1.54, 1.807) is 36.4 Å². The molecule has 0 saturated carbocycles. The molecule has 0 aliphatic heterocycles. The summed E-state index contributed by atoms with van der Waals surface area (Å²) in [6.45, 7) is 0. The quantitative estimate of drug-likeness (QED) is 0.739. The van der Waals surface area contributed by atoms with Crippen molar-refractivity contribution in [2.24, 2.45) is 0 Å². The first kappa shape index (κ1) is 10.2. The van der Waals surface area contributed by atoms with Crippen LogP contribution in [0.1, 0.15) is 5.56 Å². The van der Waals surface area contributed by atoms with Gasteiger partial charge in [-0.05, 0) is 23.8 Å². The summed E-state index contributed by atoms with van der Waals surface area (Å²) in [6, 6.07) is 13.5. The summed E-state index contributed by atoms with van der Waals surface area (Å²) in [7, 11) is 0. The molecule has 0 radical (unpaired) electrons. The van der Waals surface area contributed by atoms with Crippen molar-refractivity contribution in [3.63, 3.8) is 0 Å². The summed E-state index contributed by atoms with van der Waals surface area (Å²) in [5, 5.41) is 8.91. The number of hydrogen-bond acceptors (Lipinski definition) is 2. The lowest BCUT2D eigenvalue weighted by Gasteiger charge is -2.05. The van der Waals surface area contributed by atoms with Crippen LogP contribution in [-0.4, -0.2) is 0 Å². The summed E-state index contributed by atoms with van der Waals surface area (Å²) in [6.07, 6.45) is 0. The van der Waals surface area contributed by atoms with Gasteiger partial charge in [-0.1, -0.05) is 24.3 Å². The van der Waals surface area contributed by atoms with Crippen molar-refractivity contribution in [3.8, 4) is 17.2 Å². The van der Waals surface area contributed by atoms with Gasteiger partial charge in [0.1, 0.15) is 11.9 Å². The van der Waals surface area contributed by atoms with Crippen molar-refractivity contribution in [3.05, 3.63) is 53.8 Å². The zero-order valence-electron chi connectivity index (χ0n) is 8.44. The number of rotatable bonds is 1. The number of nitrogens with two attached hydrogens (primary N) is 1. The second kappa shape index (κ2) is 4.03. The van der Waals surface area contributed by atoms with Crippen LogP contribution in [0, 0.1) is 17.1 Å². The molecule has 2 N–H and O–H groups in total. The third kappa shape index (κ3) is 1.73. The number of halogens is 1. The number of nitrogens with zero attached hydrogens (tertiary/aromatic N) is 1. The van der Waals surface area contributed by atoms with Crippen LogP contribution in [0.3, 0.4) is 0 Å². The molecule has 0 atom stereocenters. The van der Waals surface area contributed by atoms with Crippen LogP contribution >= 0.6 is 0 Å². The Bertz CT molecular complexity index is 570. The van der Waals surface area contributed by atoms with Gasteiger partial charge >= 0.3 is 0 Å². The van der Waals surface area contributed by atoms with E-state index >= 15 is 0 Å². The van der Waals surface area contributed by atoms with Crippen LogP contribution < -0.4 is 5.73 Å². The Kier molecular flexibility index (Phi) is 2.57. The highest BCUT2D eigenvalue weighted by molar-refractivity contribution is 5.73. The van der Waals surface area contributed by atoms with Gasteiger partial charge in [-0.3, -0.25) is 0 Å². The Morgan fingerprint density at radius 2 is 1.88 bits per heavy atom. The minimum atomic E-state index is -0.512. The Hall–Kier alpha value is -2.34. The molecule has 0 spiro atoms. The summed E-state index contributed by atoms with van der Waals surface area (Å²) in [5.74, 6) is -0.512. The second-order valence-electron chi connectivity index (χ2n) is 3.40. The summed E-state index contributed by atoms with van der Waals surface area (Å²) in [4.78, 5) is 0. The van der Waals surface area contributed by atoms with Crippen molar-refractivity contribution in [1.82, 2.24) is 0 Å². The third-order valence-electron chi connectivity index (χ3n) is 2.32. The van der Waals surface area contributed by atoms with E-state index in [1.807, 2.05) is 6.07 Å². The molecule has 2 nitrogen and oxygen atoms in total. The SMILES string of the molecule is N#Cc1c(F)cccc1-c1cccc(N)c1. The lowest BCUT2D eigenvalue weighted by molar-refractivity contribution is 0.624. The van der Waals surface area contributed by atoms with Crippen molar-refractivity contribution < 1.29 is 4.39 Å². The Morgan fingerprint density at radius 1 is 1.12 bits per heavy atom. The van der Waals surface area contributed by atoms with Crippen molar-refractivity contribution in [2.45, 2.75) is 0 Å². The van der Waals surface area contributed by atoms with E-state index in [-0.39, 0.29) is 5.56 Å². The zero-order chi connectivity index (χ0) is 11.5. The second-order valence-corrected chi connectivity index (χ2v) is 3.40. The first-order chi connectivity index (χ1) is 7.72. The van der Waals surface area contributed by atoms with Crippen molar-refractivity contribution in [2.75, 3.05) is 5.73 Å². The van der Waals surface area contributed by atoms with Gasteiger partial charge in [0.25, 0.3) is 0 Å². The van der Waals surface area contributed by atoms with E-state index < -0.39 is 5.82 Å². The minimum Gasteiger partial charge on any atom is -0.399 e. The minimum absolute atomic E-state index is 0.0492. The predicted molar refractivity (Wildman–Crippen MR) is 61.0 cm³/mol. The molecule has 0 saturated heterocycles. The Morgan fingerprint density at radius 3 is 2.56 bits per heavy atom. The maximum absolute atomic E-state index is 13.4. The predicted octanol–water partition coefficient (Wildman–Crippen LogP) is 2.95. The summed E-state index contributed by atoms with van der Waals surface area (Å²) < 4.78 is 13.4. The van der Waals surface area contributed by atoms with Crippen LogP contribution in [0.2, 0.25) is 0 Å². The van der Waals surface area contributed by atoms with E-state index in [4.69, 9.17) is 11.0 Å². The van der Waals surface area contributed by atoms with Gasteiger partial charge in [-0.2, -0.15) is 5.26 Å². The molecule has 2 aromatic rings. The van der Waals surface area contributed by atoms with Crippen molar-refractivity contribution >= 4 is 5.69 Å². The average molecular weight is 212 g/mol. The highest BCUT2D eigenvalue weighted by atomic mass is 19.1. The molecule has 2 aromatic carbocycles. The first-order valence-corrected chi connectivity index (χ1v) is 4.77. The fraction of sp³-hybridized carbons (Fsp3) is 0. The molecule has 78 valence electrons. The summed E-state index contributed by atoms with van der Waals surface area (Å²) >= 11 is 0. The number of anilines is 1. The Labute approximate surface area is 92.8 Å². The molecule has 0 aromatic heterocycles. The van der Waals surface area contributed by atoms with Gasteiger partial charge < -0.3 is 5.73 Å². The molecule has 0 fully saturated rings. The van der Waals surface area contributed by atoms with Crippen LogP contribution in [0.5, 0.6) is 0 Å². The highest BCUT2D eigenvalue weighted by Gasteiger charge is 2.09. The van der Waals surface area contributed by atoms with Crippen molar-refractivity contribution in [1.29, 1.82) is 5.26 Å². The lowest BCUT2D eigenvalue weighted by atomic mass is 10.00. The molecule has 3 heteroatoms. The molecule has 0 heterocycles. The summed E-state index contributed by atoms with van der Waals surface area (Å²) in [5.41, 5.74) is 7.60. The van der Waals surface area contributed by atoms with Crippen LogP contribution in [-0.2, 0) is 0 Å². The maximum Gasteiger partial charge on any atom is 0.141 e. The molecule has 16 heavy (non-hydrogen) atoms. The third-order valence-corrected chi connectivity index (χ3v) is 2.32. The molecule has 2 rings (SSSR count). The van der Waals surface area contributed by atoms with Crippen LogP contribution in [0.4, 0.5) is 10.1 Å². The smallest absolute Gasteiger partial charge is 0.141 e. The number of nitriles is 1. The normalized spacial score (nSPS) is 9.75. The average Bonchev–Trinajstić information content (AvgIpc) is 2.28. The largest absolute Gasteiger partial charge is 0.399 e. The molecule has 0 aliphatic rings. The Balaban J connectivity index is 2.66. The zero-order valence-corrected chi connectivity index (χ0v) is 8.44. The maximum atomic E-state index is 13.4. The van der Waals surface area contributed by atoms with E-state index in [1.165, 1.54) is 6.07 Å². The van der Waals surface area contributed by atoms with Gasteiger partial charge in [-0.15, -0.1) is 0 Å². The van der Waals surface area contributed by atoms with E-state index in [9.17, 15) is 4.39 Å². The van der Waals surface area contributed by atoms with E-state index in [0.29, 0.717) is 11.3 Å². The molecular formula is C13H9FN2. The molecule has 0 amide bonds. The number of hydrogen-bond donors (Lipinski definition) is 1. The number of nitrogen functional groups attached to an aromatic ring is 1. The number of benzene rings is 2. The topological polar surface area (TPSA) is 49.8 Å². The fourth-order valence-corrected chi connectivity index (χ4v) is 1.58. The van der Waals surface area contributed by atoms with Gasteiger partial charge in [0, 0.05) is 11.3 Å². The van der Waals surface area contributed by atoms with E-state index in [2.05, 4.69) is 0 Å².